The van der Waals surface area contributed by atoms with E-state index in [0.29, 0.717) is 11.3 Å². The summed E-state index contributed by atoms with van der Waals surface area (Å²) in [6.45, 7) is 8.27. The number of alkyl halides is 6. The summed E-state index contributed by atoms with van der Waals surface area (Å²) in [7, 11) is 1.86. The molecule has 0 radical (unpaired) electrons. The van der Waals surface area contributed by atoms with Gasteiger partial charge in [0.1, 0.15) is 0 Å². The first kappa shape index (κ1) is 32.8. The zero-order valence-corrected chi connectivity index (χ0v) is 21.7. The summed E-state index contributed by atoms with van der Waals surface area (Å²) in [4.78, 5) is 27.5. The Morgan fingerprint density at radius 2 is 1.62 bits per heavy atom. The Morgan fingerprint density at radius 1 is 1.05 bits per heavy atom. The molecule has 1 aromatic heterocycles. The third kappa shape index (κ3) is 10.6. The molecule has 2 saturated heterocycles. The number of ether oxygens (including phenoxy) is 1. The molecule has 0 aromatic carbocycles. The summed E-state index contributed by atoms with van der Waals surface area (Å²) in [6, 6.07) is 4.25. The molecule has 0 bridgehead atoms. The number of methoxy groups -OCH3 is 1. The van der Waals surface area contributed by atoms with Gasteiger partial charge < -0.3 is 19.8 Å². The van der Waals surface area contributed by atoms with Gasteiger partial charge in [0.05, 0.1) is 6.61 Å². The van der Waals surface area contributed by atoms with Crippen LogP contribution in [-0.2, 0) is 20.9 Å². The van der Waals surface area contributed by atoms with Crippen LogP contribution >= 0.6 is 0 Å². The highest BCUT2D eigenvalue weighted by Crippen LogP contribution is 2.45. The van der Waals surface area contributed by atoms with Crippen LogP contribution in [0, 0.1) is 17.3 Å². The van der Waals surface area contributed by atoms with Crippen LogP contribution in [0.2, 0.25) is 0 Å². The molecule has 8 nitrogen and oxygen atoms in total. The van der Waals surface area contributed by atoms with Gasteiger partial charge in [-0.25, -0.2) is 9.59 Å². The van der Waals surface area contributed by atoms with Crippen LogP contribution in [0.15, 0.2) is 24.5 Å². The van der Waals surface area contributed by atoms with Crippen molar-refractivity contribution in [3.05, 3.63) is 30.1 Å². The van der Waals surface area contributed by atoms with Crippen LogP contribution < -0.4 is 0 Å². The van der Waals surface area contributed by atoms with Crippen LogP contribution in [0.25, 0.3) is 0 Å². The molecular weight excluding hydrogens is 536 g/mol. The molecule has 2 aliphatic heterocycles. The molecule has 1 unspecified atom stereocenters. The first-order valence-corrected chi connectivity index (χ1v) is 12.6. The zero-order chi connectivity index (χ0) is 29.3. The lowest BCUT2D eigenvalue weighted by Crippen LogP contribution is -2.46. The predicted octanol–water partition coefficient (Wildman–Crippen LogP) is 4.31. The maximum absolute atomic E-state index is 10.6. The highest BCUT2D eigenvalue weighted by Gasteiger charge is 2.48. The fraction of sp³-hybridized carbons (Fsp3) is 0.720. The molecule has 1 aromatic rings. The van der Waals surface area contributed by atoms with E-state index in [9.17, 15) is 26.3 Å². The Bertz CT molecular complexity index is 880. The Balaban J connectivity index is 0.000000317. The fourth-order valence-electron chi connectivity index (χ4n) is 5.23. The number of halogens is 6. The zero-order valence-electron chi connectivity index (χ0n) is 21.7. The Hall–Kier alpha value is -2.45. The minimum Gasteiger partial charge on any atom is -0.475 e. The summed E-state index contributed by atoms with van der Waals surface area (Å²) in [5, 5.41) is 14.2. The second-order valence-corrected chi connectivity index (χ2v) is 10.2. The normalized spacial score (nSPS) is 21.8. The molecule has 14 heteroatoms. The molecule has 3 aliphatic rings. The molecule has 1 atom stereocenters. The van der Waals surface area contributed by atoms with Crippen LogP contribution in [-0.4, -0.2) is 95.7 Å². The number of carboxylic acids is 2. The molecule has 4 rings (SSSR count). The quantitative estimate of drug-likeness (QED) is 0.487. The molecule has 1 aliphatic carbocycles. The van der Waals surface area contributed by atoms with Crippen molar-refractivity contribution in [2.24, 2.45) is 17.3 Å². The summed E-state index contributed by atoms with van der Waals surface area (Å²) >= 11 is 0. The number of pyridine rings is 1. The lowest BCUT2D eigenvalue weighted by Gasteiger charge is -2.44. The number of aromatic nitrogens is 1. The van der Waals surface area contributed by atoms with E-state index in [2.05, 4.69) is 20.9 Å². The Morgan fingerprint density at radius 3 is 2.03 bits per heavy atom. The maximum Gasteiger partial charge on any atom is 0.490 e. The molecule has 2 N–H and O–H groups in total. The van der Waals surface area contributed by atoms with Gasteiger partial charge >= 0.3 is 24.3 Å². The smallest absolute Gasteiger partial charge is 0.475 e. The van der Waals surface area contributed by atoms with Crippen molar-refractivity contribution in [1.82, 2.24) is 14.8 Å². The Labute approximate surface area is 222 Å². The number of carbonyl (C=O) groups is 2. The van der Waals surface area contributed by atoms with Gasteiger partial charge in [-0.05, 0) is 61.7 Å². The molecule has 39 heavy (non-hydrogen) atoms. The van der Waals surface area contributed by atoms with Crippen LogP contribution in [0.5, 0.6) is 0 Å². The van der Waals surface area contributed by atoms with E-state index in [1.54, 1.807) is 0 Å². The van der Waals surface area contributed by atoms with Crippen molar-refractivity contribution in [2.75, 3.05) is 46.4 Å². The van der Waals surface area contributed by atoms with Crippen LogP contribution in [0.1, 0.15) is 37.7 Å². The molecule has 222 valence electrons. The van der Waals surface area contributed by atoms with Gasteiger partial charge in [0.15, 0.2) is 0 Å². The van der Waals surface area contributed by atoms with Gasteiger partial charge in [-0.3, -0.25) is 9.88 Å². The molecule has 0 amide bonds. The number of piperidine rings is 1. The van der Waals surface area contributed by atoms with Gasteiger partial charge in [-0.2, -0.15) is 26.3 Å². The monoisotopic (exact) mass is 571 g/mol. The average molecular weight is 572 g/mol. The number of hydrogen-bond donors (Lipinski definition) is 2. The molecule has 3 heterocycles. The summed E-state index contributed by atoms with van der Waals surface area (Å²) < 4.78 is 69.1. The minimum atomic E-state index is -5.08. The van der Waals surface area contributed by atoms with E-state index in [1.807, 2.05) is 25.6 Å². The topological polar surface area (TPSA) is 103 Å². The van der Waals surface area contributed by atoms with Crippen molar-refractivity contribution in [3.63, 3.8) is 0 Å². The number of likely N-dealkylation sites (tertiary alicyclic amines) is 2. The van der Waals surface area contributed by atoms with Gasteiger partial charge in [0, 0.05) is 51.6 Å². The highest BCUT2D eigenvalue weighted by atomic mass is 19.4. The average Bonchev–Trinajstić information content (AvgIpc) is 3.14. The SMILES string of the molecule is COCC1CN(Cc2cccnc2)CC12CCN(CC1CCC1)CC2.O=C(O)C(F)(F)F.O=C(O)C(F)(F)F. The van der Waals surface area contributed by atoms with Crippen molar-refractivity contribution in [3.8, 4) is 0 Å². The van der Waals surface area contributed by atoms with E-state index < -0.39 is 24.3 Å². The second kappa shape index (κ2) is 14.3. The van der Waals surface area contributed by atoms with E-state index in [-0.39, 0.29) is 0 Å². The van der Waals surface area contributed by atoms with E-state index in [4.69, 9.17) is 24.5 Å². The number of aliphatic carboxylic acids is 2. The summed E-state index contributed by atoms with van der Waals surface area (Å²) in [6.07, 6.45) is 0.786. The predicted molar refractivity (Wildman–Crippen MR) is 128 cm³/mol. The molecule has 3 fully saturated rings. The fourth-order valence-corrected chi connectivity index (χ4v) is 5.23. The first-order valence-electron chi connectivity index (χ1n) is 12.6. The largest absolute Gasteiger partial charge is 0.490 e. The summed E-state index contributed by atoms with van der Waals surface area (Å²) in [5.41, 5.74) is 1.80. The lowest BCUT2D eigenvalue weighted by molar-refractivity contribution is -0.193. The van der Waals surface area contributed by atoms with E-state index in [0.717, 1.165) is 19.1 Å². The first-order chi connectivity index (χ1) is 18.2. The summed E-state index contributed by atoms with van der Waals surface area (Å²) in [5.74, 6) is -3.84. The van der Waals surface area contributed by atoms with E-state index >= 15 is 0 Å². The van der Waals surface area contributed by atoms with Crippen molar-refractivity contribution in [2.45, 2.75) is 51.0 Å². The molecular formula is C25H35F6N3O5. The van der Waals surface area contributed by atoms with Crippen molar-refractivity contribution in [1.29, 1.82) is 0 Å². The minimum absolute atomic E-state index is 0.467. The molecule has 1 saturated carbocycles. The Kier molecular flexibility index (Phi) is 12.0. The lowest BCUT2D eigenvalue weighted by atomic mass is 9.71. The number of rotatable bonds is 6. The standard InChI is InChI=1S/C21H33N3O.2C2HF3O2/c1-25-16-20-15-24(14-19-6-3-9-22-12-19)17-21(20)7-10-23(11-8-21)13-18-4-2-5-18;2*3-2(4,5)1(6)7/h3,6,9,12,18,20H,2,4-5,7-8,10-11,13-17H2,1H3;2*(H,6,7). The maximum atomic E-state index is 10.6. The number of carboxylic acid groups (broad SMARTS) is 2. The third-order valence-corrected chi connectivity index (χ3v) is 7.46. The van der Waals surface area contributed by atoms with Crippen molar-refractivity contribution < 1.29 is 50.9 Å². The van der Waals surface area contributed by atoms with Gasteiger partial charge in [-0.1, -0.05) is 12.5 Å². The number of nitrogens with zero attached hydrogens (tertiary/aromatic N) is 3. The highest BCUT2D eigenvalue weighted by molar-refractivity contribution is 5.73. The van der Waals surface area contributed by atoms with Gasteiger partial charge in [0.25, 0.3) is 0 Å². The van der Waals surface area contributed by atoms with Crippen molar-refractivity contribution >= 4 is 11.9 Å². The third-order valence-electron chi connectivity index (χ3n) is 7.46. The molecule has 1 spiro atoms. The van der Waals surface area contributed by atoms with Crippen LogP contribution in [0.4, 0.5) is 26.3 Å². The van der Waals surface area contributed by atoms with Crippen LogP contribution in [0.3, 0.4) is 0 Å². The van der Waals surface area contributed by atoms with Gasteiger partial charge in [-0.15, -0.1) is 0 Å². The van der Waals surface area contributed by atoms with Gasteiger partial charge in [0.2, 0.25) is 0 Å². The second-order valence-electron chi connectivity index (χ2n) is 10.2. The van der Waals surface area contributed by atoms with E-state index in [1.165, 1.54) is 70.4 Å². The number of hydrogen-bond acceptors (Lipinski definition) is 6.